The van der Waals surface area contributed by atoms with Crippen molar-refractivity contribution < 1.29 is 9.59 Å². The SMILES string of the molecule is NC(=O)c1ccc(C(=O)N2CCN(Cc3cccc(Cl)c3)CC2)cc1. The van der Waals surface area contributed by atoms with Crippen molar-refractivity contribution >= 4 is 23.4 Å². The van der Waals surface area contributed by atoms with E-state index in [2.05, 4.69) is 11.0 Å². The maximum atomic E-state index is 12.6. The zero-order valence-corrected chi connectivity index (χ0v) is 14.6. The molecule has 0 radical (unpaired) electrons. The molecule has 130 valence electrons. The Morgan fingerprint density at radius 2 is 1.60 bits per heavy atom. The van der Waals surface area contributed by atoms with Gasteiger partial charge >= 0.3 is 0 Å². The maximum Gasteiger partial charge on any atom is 0.253 e. The highest BCUT2D eigenvalue weighted by atomic mass is 35.5. The van der Waals surface area contributed by atoms with Gasteiger partial charge in [0.2, 0.25) is 5.91 Å². The van der Waals surface area contributed by atoms with E-state index in [0.717, 1.165) is 24.7 Å². The zero-order valence-electron chi connectivity index (χ0n) is 13.8. The molecule has 1 heterocycles. The van der Waals surface area contributed by atoms with Gasteiger partial charge in [-0.3, -0.25) is 14.5 Å². The van der Waals surface area contributed by atoms with Crippen LogP contribution in [-0.4, -0.2) is 47.8 Å². The lowest BCUT2D eigenvalue weighted by molar-refractivity contribution is 0.0628. The number of nitrogens with zero attached hydrogens (tertiary/aromatic N) is 2. The topological polar surface area (TPSA) is 66.6 Å². The minimum Gasteiger partial charge on any atom is -0.366 e. The van der Waals surface area contributed by atoms with E-state index in [1.807, 2.05) is 23.1 Å². The first-order chi connectivity index (χ1) is 12.0. The van der Waals surface area contributed by atoms with Gasteiger partial charge in [0.05, 0.1) is 0 Å². The van der Waals surface area contributed by atoms with E-state index < -0.39 is 5.91 Å². The molecule has 3 rings (SSSR count). The zero-order chi connectivity index (χ0) is 17.8. The van der Waals surface area contributed by atoms with Gasteiger partial charge in [0.25, 0.3) is 5.91 Å². The van der Waals surface area contributed by atoms with Gasteiger partial charge in [-0.05, 0) is 42.0 Å². The molecule has 0 atom stereocenters. The van der Waals surface area contributed by atoms with Crippen molar-refractivity contribution in [1.29, 1.82) is 0 Å². The highest BCUT2D eigenvalue weighted by molar-refractivity contribution is 6.30. The van der Waals surface area contributed by atoms with Crippen LogP contribution in [-0.2, 0) is 6.54 Å². The molecule has 0 bridgehead atoms. The molecule has 1 aliphatic heterocycles. The average Bonchev–Trinajstić information content (AvgIpc) is 2.62. The summed E-state index contributed by atoms with van der Waals surface area (Å²) >= 11 is 6.03. The number of amides is 2. The fourth-order valence-corrected chi connectivity index (χ4v) is 3.18. The molecule has 1 saturated heterocycles. The first-order valence-corrected chi connectivity index (χ1v) is 8.56. The van der Waals surface area contributed by atoms with Crippen molar-refractivity contribution in [3.05, 3.63) is 70.2 Å². The van der Waals surface area contributed by atoms with Gasteiger partial charge in [-0.2, -0.15) is 0 Å². The number of nitrogens with two attached hydrogens (primary N) is 1. The van der Waals surface area contributed by atoms with Crippen LogP contribution < -0.4 is 5.73 Å². The first kappa shape index (κ1) is 17.5. The number of halogens is 1. The molecular weight excluding hydrogens is 338 g/mol. The third-order valence-corrected chi connectivity index (χ3v) is 4.61. The second-order valence-corrected chi connectivity index (χ2v) is 6.58. The van der Waals surface area contributed by atoms with Crippen molar-refractivity contribution in [2.24, 2.45) is 5.73 Å². The Labute approximate surface area is 152 Å². The van der Waals surface area contributed by atoms with Crippen LogP contribution in [0, 0.1) is 0 Å². The molecule has 2 aromatic carbocycles. The molecular formula is C19H20ClN3O2. The fraction of sp³-hybridized carbons (Fsp3) is 0.263. The lowest BCUT2D eigenvalue weighted by atomic mass is 10.1. The van der Waals surface area contributed by atoms with Crippen LogP contribution in [0.15, 0.2) is 48.5 Å². The average molecular weight is 358 g/mol. The summed E-state index contributed by atoms with van der Waals surface area (Å²) in [5.41, 5.74) is 7.38. The van der Waals surface area contributed by atoms with Gasteiger partial charge in [-0.25, -0.2) is 0 Å². The predicted octanol–water partition coefficient (Wildman–Crippen LogP) is 2.40. The van der Waals surface area contributed by atoms with Crippen molar-refractivity contribution in [3.8, 4) is 0 Å². The van der Waals surface area contributed by atoms with E-state index in [1.54, 1.807) is 24.3 Å². The number of piperazine rings is 1. The lowest BCUT2D eigenvalue weighted by Crippen LogP contribution is -2.48. The third kappa shape index (κ3) is 4.38. The van der Waals surface area contributed by atoms with Crippen molar-refractivity contribution in [1.82, 2.24) is 9.80 Å². The van der Waals surface area contributed by atoms with Crippen molar-refractivity contribution in [2.75, 3.05) is 26.2 Å². The van der Waals surface area contributed by atoms with E-state index in [-0.39, 0.29) is 5.91 Å². The largest absolute Gasteiger partial charge is 0.366 e. The Balaban J connectivity index is 1.56. The molecule has 0 unspecified atom stereocenters. The number of rotatable bonds is 4. The molecule has 1 aliphatic rings. The lowest BCUT2D eigenvalue weighted by Gasteiger charge is -2.34. The van der Waals surface area contributed by atoms with Crippen LogP contribution in [0.1, 0.15) is 26.3 Å². The number of primary amides is 1. The molecule has 5 nitrogen and oxygen atoms in total. The Morgan fingerprint density at radius 1 is 0.960 bits per heavy atom. The molecule has 2 amide bonds. The molecule has 1 fully saturated rings. The van der Waals surface area contributed by atoms with E-state index >= 15 is 0 Å². The first-order valence-electron chi connectivity index (χ1n) is 8.19. The highest BCUT2D eigenvalue weighted by Gasteiger charge is 2.22. The van der Waals surface area contributed by atoms with Crippen LogP contribution >= 0.6 is 11.6 Å². The van der Waals surface area contributed by atoms with Gasteiger partial charge in [0, 0.05) is 48.9 Å². The molecule has 25 heavy (non-hydrogen) atoms. The van der Waals surface area contributed by atoms with Crippen LogP contribution in [0.2, 0.25) is 5.02 Å². The van der Waals surface area contributed by atoms with Crippen LogP contribution in [0.25, 0.3) is 0 Å². The number of carbonyl (C=O) groups excluding carboxylic acids is 2. The summed E-state index contributed by atoms with van der Waals surface area (Å²) in [6, 6.07) is 14.3. The number of carbonyl (C=O) groups is 2. The van der Waals surface area contributed by atoms with Gasteiger partial charge < -0.3 is 10.6 Å². The predicted molar refractivity (Wildman–Crippen MR) is 97.6 cm³/mol. The van der Waals surface area contributed by atoms with E-state index in [9.17, 15) is 9.59 Å². The molecule has 2 aromatic rings. The Kier molecular flexibility index (Phi) is 5.36. The van der Waals surface area contributed by atoms with E-state index in [0.29, 0.717) is 24.2 Å². The van der Waals surface area contributed by atoms with Gasteiger partial charge in [-0.1, -0.05) is 23.7 Å². The smallest absolute Gasteiger partial charge is 0.253 e. The quantitative estimate of drug-likeness (QED) is 0.913. The summed E-state index contributed by atoms with van der Waals surface area (Å²) in [6.07, 6.45) is 0. The monoisotopic (exact) mass is 357 g/mol. The number of hydrogen-bond donors (Lipinski definition) is 1. The second-order valence-electron chi connectivity index (χ2n) is 6.14. The normalized spacial score (nSPS) is 15.2. The summed E-state index contributed by atoms with van der Waals surface area (Å²) in [5.74, 6) is -0.507. The Hall–Kier alpha value is -2.37. The summed E-state index contributed by atoms with van der Waals surface area (Å²) in [7, 11) is 0. The molecule has 0 saturated carbocycles. The molecule has 6 heteroatoms. The van der Waals surface area contributed by atoms with Crippen LogP contribution in [0.3, 0.4) is 0 Å². The summed E-state index contributed by atoms with van der Waals surface area (Å²) < 4.78 is 0. The van der Waals surface area contributed by atoms with E-state index in [1.165, 1.54) is 5.56 Å². The van der Waals surface area contributed by atoms with Crippen molar-refractivity contribution in [3.63, 3.8) is 0 Å². The molecule has 0 spiro atoms. The van der Waals surface area contributed by atoms with E-state index in [4.69, 9.17) is 17.3 Å². The molecule has 0 aliphatic carbocycles. The summed E-state index contributed by atoms with van der Waals surface area (Å²) in [6.45, 7) is 3.82. The minimum atomic E-state index is -0.492. The Morgan fingerprint density at radius 3 is 2.20 bits per heavy atom. The van der Waals surface area contributed by atoms with Crippen molar-refractivity contribution in [2.45, 2.75) is 6.54 Å². The summed E-state index contributed by atoms with van der Waals surface area (Å²) in [5, 5.41) is 0.741. The third-order valence-electron chi connectivity index (χ3n) is 4.37. The standard InChI is InChI=1S/C19H20ClN3O2/c20-17-3-1-2-14(12-17)13-22-8-10-23(11-9-22)19(25)16-6-4-15(5-7-16)18(21)24/h1-7,12H,8-11,13H2,(H2,21,24). The van der Waals surface area contributed by atoms with Gasteiger partial charge in [0.1, 0.15) is 0 Å². The highest BCUT2D eigenvalue weighted by Crippen LogP contribution is 2.15. The second kappa shape index (κ2) is 7.68. The van der Waals surface area contributed by atoms with Gasteiger partial charge in [-0.15, -0.1) is 0 Å². The van der Waals surface area contributed by atoms with Crippen LogP contribution in [0.4, 0.5) is 0 Å². The maximum absolute atomic E-state index is 12.6. The molecule has 0 aromatic heterocycles. The Bertz CT molecular complexity index is 768. The van der Waals surface area contributed by atoms with Gasteiger partial charge in [0.15, 0.2) is 0 Å². The minimum absolute atomic E-state index is 0.0153. The summed E-state index contributed by atoms with van der Waals surface area (Å²) in [4.78, 5) is 27.8. The molecule has 2 N–H and O–H groups in total. The number of hydrogen-bond acceptors (Lipinski definition) is 3. The van der Waals surface area contributed by atoms with Crippen LogP contribution in [0.5, 0.6) is 0 Å². The fourth-order valence-electron chi connectivity index (χ4n) is 2.96. The number of benzene rings is 2.